The Balaban J connectivity index is 1.60. The lowest BCUT2D eigenvalue weighted by atomic mass is 10.0. The normalized spacial score (nSPS) is 19.8. The number of halogens is 1. The Kier molecular flexibility index (Phi) is 12.7. The van der Waals surface area contributed by atoms with Gasteiger partial charge < -0.3 is 35.0 Å². The van der Waals surface area contributed by atoms with Gasteiger partial charge in [-0.1, -0.05) is 25.1 Å². The molecule has 3 aromatic rings. The minimum Gasteiger partial charge on any atom is -0.490 e. The molecule has 11 heteroatoms. The first-order valence-corrected chi connectivity index (χ1v) is 16.0. The Morgan fingerprint density at radius 3 is 2.40 bits per heavy atom. The lowest BCUT2D eigenvalue weighted by Gasteiger charge is -2.36. The van der Waals surface area contributed by atoms with E-state index in [9.17, 15) is 23.9 Å². The number of nitrogens with one attached hydrogen (secondary N) is 2. The number of urea groups is 1. The quantitative estimate of drug-likeness (QED) is 0.288. The summed E-state index contributed by atoms with van der Waals surface area (Å²) in [6.07, 6.45) is 1.76. The lowest BCUT2D eigenvalue weighted by Crippen LogP contribution is -2.48. The first kappa shape index (κ1) is 35.4. The number of aliphatic hydroxyl groups excluding tert-OH is 1. The highest BCUT2D eigenvalue weighted by Gasteiger charge is 2.31. The molecule has 1 aliphatic rings. The molecular formula is C36H45FN4O6. The number of aliphatic hydroxyl groups is 1. The molecule has 3 N–H and O–H groups in total. The molecule has 0 unspecified atom stereocenters. The Morgan fingerprint density at radius 2 is 1.70 bits per heavy atom. The third kappa shape index (κ3) is 10.0. The van der Waals surface area contributed by atoms with Crippen molar-refractivity contribution in [3.63, 3.8) is 0 Å². The van der Waals surface area contributed by atoms with Crippen LogP contribution >= 0.6 is 0 Å². The molecule has 0 radical (unpaired) electrons. The minimum absolute atomic E-state index is 0.124. The van der Waals surface area contributed by atoms with Crippen LogP contribution in [0.5, 0.6) is 5.75 Å². The topological polar surface area (TPSA) is 120 Å². The number of likely N-dealkylation sites (N-methyl/N-ethyl adjacent to an activating group) is 1. The Hall–Kier alpha value is -4.48. The summed E-state index contributed by atoms with van der Waals surface area (Å²) >= 11 is 0. The third-order valence-corrected chi connectivity index (χ3v) is 8.23. The summed E-state index contributed by atoms with van der Waals surface area (Å²) in [7, 11) is 1.74. The first-order chi connectivity index (χ1) is 22.5. The summed E-state index contributed by atoms with van der Waals surface area (Å²) in [5.74, 6) is -0.772. The number of nitrogens with zero attached hydrogens (tertiary/aromatic N) is 2. The Bertz CT molecular complexity index is 1490. The van der Waals surface area contributed by atoms with Crippen LogP contribution in [0, 0.1) is 11.7 Å². The predicted molar refractivity (Wildman–Crippen MR) is 179 cm³/mol. The van der Waals surface area contributed by atoms with Crippen LogP contribution in [0.4, 0.5) is 20.6 Å². The predicted octanol–water partition coefficient (Wildman–Crippen LogP) is 6.04. The first-order valence-electron chi connectivity index (χ1n) is 16.0. The molecule has 47 heavy (non-hydrogen) atoms. The number of ether oxygens (including phenoxy) is 2. The fraction of sp³-hybridized carbons (Fsp3) is 0.417. The highest BCUT2D eigenvalue weighted by Crippen LogP contribution is 2.29. The Morgan fingerprint density at radius 1 is 1.02 bits per heavy atom. The second-order valence-corrected chi connectivity index (χ2v) is 12.1. The number of anilines is 2. The van der Waals surface area contributed by atoms with Crippen molar-refractivity contribution in [2.75, 3.05) is 44.0 Å². The van der Waals surface area contributed by atoms with Gasteiger partial charge in [0.25, 0.3) is 11.8 Å². The molecule has 0 bridgehead atoms. The second-order valence-electron chi connectivity index (χ2n) is 12.1. The fourth-order valence-electron chi connectivity index (χ4n) is 5.44. The molecule has 4 rings (SSSR count). The minimum atomic E-state index is -0.567. The SMILES string of the molecule is C[C@@H]1CN([C@@H](C)CO)C(=O)c2cc(NC(=O)Nc3ccc(F)cc3)ccc2O[C@@H](C)CCCCO[C@@H]1CN(C)C(=O)c1ccccc1. The van der Waals surface area contributed by atoms with Gasteiger partial charge in [-0.05, 0) is 87.7 Å². The van der Waals surface area contributed by atoms with E-state index in [0.717, 1.165) is 19.3 Å². The highest BCUT2D eigenvalue weighted by atomic mass is 19.1. The monoisotopic (exact) mass is 648 g/mol. The smallest absolute Gasteiger partial charge is 0.323 e. The molecule has 4 atom stereocenters. The number of rotatable bonds is 7. The van der Waals surface area contributed by atoms with Crippen molar-refractivity contribution in [3.05, 3.63) is 89.7 Å². The largest absolute Gasteiger partial charge is 0.490 e. The van der Waals surface area contributed by atoms with E-state index in [0.29, 0.717) is 35.8 Å². The van der Waals surface area contributed by atoms with Gasteiger partial charge >= 0.3 is 6.03 Å². The summed E-state index contributed by atoms with van der Waals surface area (Å²) in [5.41, 5.74) is 1.56. The highest BCUT2D eigenvalue weighted by molar-refractivity contribution is 6.02. The number of amides is 4. The van der Waals surface area contributed by atoms with Crippen LogP contribution in [0.2, 0.25) is 0 Å². The van der Waals surface area contributed by atoms with Gasteiger partial charge in [0.05, 0.1) is 30.4 Å². The van der Waals surface area contributed by atoms with E-state index >= 15 is 0 Å². The van der Waals surface area contributed by atoms with Crippen LogP contribution in [0.3, 0.4) is 0 Å². The van der Waals surface area contributed by atoms with E-state index in [-0.39, 0.29) is 48.7 Å². The van der Waals surface area contributed by atoms with Gasteiger partial charge in [0, 0.05) is 49.6 Å². The van der Waals surface area contributed by atoms with Crippen molar-refractivity contribution in [3.8, 4) is 5.75 Å². The second kappa shape index (κ2) is 16.9. The maximum atomic E-state index is 14.3. The van der Waals surface area contributed by atoms with E-state index < -0.39 is 17.9 Å². The van der Waals surface area contributed by atoms with Crippen LogP contribution in [-0.2, 0) is 4.74 Å². The molecular weight excluding hydrogens is 603 g/mol. The zero-order chi connectivity index (χ0) is 33.9. The summed E-state index contributed by atoms with van der Waals surface area (Å²) < 4.78 is 25.9. The number of hydrogen-bond donors (Lipinski definition) is 3. The van der Waals surface area contributed by atoms with Crippen molar-refractivity contribution in [1.29, 1.82) is 0 Å². The standard InChI is InChI=1S/C36H45FN4O6/c1-24-21-41(25(2)23-42)35(44)31-20-30(39-36(45)38-29-15-13-28(37)14-16-29)17-18-32(31)47-26(3)10-8-9-19-46-33(24)22-40(4)34(43)27-11-6-5-7-12-27/h5-7,11-18,20,24-26,33,42H,8-10,19,21-23H2,1-4H3,(H2,38,39,45)/t24-,25+,26+,33-/m1/s1. The van der Waals surface area contributed by atoms with Crippen molar-refractivity contribution < 1.29 is 33.4 Å². The molecule has 1 heterocycles. The summed E-state index contributed by atoms with van der Waals surface area (Å²) in [5, 5.41) is 15.6. The van der Waals surface area contributed by atoms with Gasteiger partial charge in [-0.15, -0.1) is 0 Å². The van der Waals surface area contributed by atoms with Gasteiger partial charge in [-0.3, -0.25) is 9.59 Å². The summed E-state index contributed by atoms with van der Waals surface area (Å²) in [4.78, 5) is 43.4. The maximum Gasteiger partial charge on any atom is 0.323 e. The molecule has 0 saturated carbocycles. The van der Waals surface area contributed by atoms with E-state index in [1.165, 1.54) is 24.3 Å². The zero-order valence-electron chi connectivity index (χ0n) is 27.4. The van der Waals surface area contributed by atoms with Crippen molar-refractivity contribution in [2.24, 2.45) is 5.92 Å². The number of fused-ring (bicyclic) bond motifs is 1. The van der Waals surface area contributed by atoms with E-state index in [2.05, 4.69) is 10.6 Å². The van der Waals surface area contributed by atoms with Crippen molar-refractivity contribution in [2.45, 2.75) is 58.3 Å². The van der Waals surface area contributed by atoms with Crippen LogP contribution in [0.25, 0.3) is 0 Å². The van der Waals surface area contributed by atoms with Gasteiger partial charge in [0.1, 0.15) is 11.6 Å². The van der Waals surface area contributed by atoms with Crippen LogP contribution < -0.4 is 15.4 Å². The molecule has 1 aliphatic heterocycles. The van der Waals surface area contributed by atoms with Crippen LogP contribution in [0.15, 0.2) is 72.8 Å². The van der Waals surface area contributed by atoms with Crippen LogP contribution in [0.1, 0.15) is 60.7 Å². The fourth-order valence-corrected chi connectivity index (χ4v) is 5.44. The molecule has 4 amide bonds. The van der Waals surface area contributed by atoms with E-state index in [1.807, 2.05) is 32.0 Å². The van der Waals surface area contributed by atoms with Gasteiger partial charge in [0.2, 0.25) is 0 Å². The molecule has 0 aromatic heterocycles. The zero-order valence-corrected chi connectivity index (χ0v) is 27.4. The summed E-state index contributed by atoms with van der Waals surface area (Å²) in [6, 6.07) is 18.2. The van der Waals surface area contributed by atoms with Gasteiger partial charge in [0.15, 0.2) is 0 Å². The molecule has 0 fully saturated rings. The molecule has 3 aromatic carbocycles. The van der Waals surface area contributed by atoms with Crippen molar-refractivity contribution >= 4 is 29.2 Å². The molecule has 252 valence electrons. The van der Waals surface area contributed by atoms with Crippen LogP contribution in [-0.4, -0.2) is 84.4 Å². The van der Waals surface area contributed by atoms with Gasteiger partial charge in [-0.2, -0.15) is 0 Å². The van der Waals surface area contributed by atoms with Crippen molar-refractivity contribution in [1.82, 2.24) is 9.80 Å². The average molecular weight is 649 g/mol. The van der Waals surface area contributed by atoms with E-state index in [1.54, 1.807) is 54.1 Å². The lowest BCUT2D eigenvalue weighted by molar-refractivity contribution is -0.0149. The molecule has 0 aliphatic carbocycles. The molecule has 10 nitrogen and oxygen atoms in total. The molecule has 0 saturated heterocycles. The third-order valence-electron chi connectivity index (χ3n) is 8.23. The maximum absolute atomic E-state index is 14.3. The Labute approximate surface area is 275 Å². The number of carbonyl (C=O) groups is 3. The number of carbonyl (C=O) groups excluding carboxylic acids is 3. The summed E-state index contributed by atoms with van der Waals surface area (Å²) in [6.45, 7) is 6.43. The van der Waals surface area contributed by atoms with E-state index in [4.69, 9.17) is 9.47 Å². The molecule has 0 spiro atoms. The van der Waals surface area contributed by atoms with Gasteiger partial charge in [-0.25, -0.2) is 9.18 Å². The average Bonchev–Trinajstić information content (AvgIpc) is 3.07. The number of benzene rings is 3. The number of hydrogen-bond acceptors (Lipinski definition) is 6.